The predicted molar refractivity (Wildman–Crippen MR) is 97.4 cm³/mol. The van der Waals surface area contributed by atoms with E-state index < -0.39 is 0 Å². The number of fused-ring (bicyclic) bond motifs is 3. The van der Waals surface area contributed by atoms with Crippen LogP contribution in [0.2, 0.25) is 0 Å². The second-order valence-corrected chi connectivity index (χ2v) is 6.97. The molecule has 6 nitrogen and oxygen atoms in total. The molecule has 0 aliphatic carbocycles. The summed E-state index contributed by atoms with van der Waals surface area (Å²) < 4.78 is 0. The Hall–Kier alpha value is -2.67. The van der Waals surface area contributed by atoms with E-state index in [0.717, 1.165) is 11.9 Å². The molecule has 2 N–H and O–H groups in total. The maximum absolute atomic E-state index is 12.5. The van der Waals surface area contributed by atoms with E-state index in [9.17, 15) is 9.59 Å². The fraction of sp³-hybridized carbons (Fsp3) is 0.278. The Bertz CT molecular complexity index is 916. The number of amides is 2. The number of hydrogen-bond donors (Lipinski definition) is 2. The lowest BCUT2D eigenvalue weighted by Gasteiger charge is -2.27. The van der Waals surface area contributed by atoms with E-state index in [4.69, 9.17) is 0 Å². The number of carbonyl (C=O) groups is 2. The number of nitrogens with zero attached hydrogens (tertiary/aromatic N) is 2. The van der Waals surface area contributed by atoms with Crippen molar-refractivity contribution in [1.82, 2.24) is 14.9 Å². The van der Waals surface area contributed by atoms with Crippen molar-refractivity contribution < 1.29 is 9.59 Å². The van der Waals surface area contributed by atoms with Crippen LogP contribution in [0.3, 0.4) is 0 Å². The van der Waals surface area contributed by atoms with Gasteiger partial charge in [0.15, 0.2) is 5.13 Å². The SMILES string of the molecule is O=C(CCC(=O)N1CCc2[nH]c3ccccc3c2C1)Nc1nccs1. The second kappa shape index (κ2) is 6.68. The summed E-state index contributed by atoms with van der Waals surface area (Å²) in [5.41, 5.74) is 3.53. The van der Waals surface area contributed by atoms with Gasteiger partial charge in [0.2, 0.25) is 11.8 Å². The molecule has 1 aliphatic rings. The number of para-hydroxylation sites is 1. The van der Waals surface area contributed by atoms with Gasteiger partial charge in [0.1, 0.15) is 0 Å². The average Bonchev–Trinajstić information content (AvgIpc) is 3.26. The molecule has 3 aromatic rings. The molecular weight excluding hydrogens is 336 g/mol. The standard InChI is InChI=1S/C18H18N4O2S/c23-16(21-18-19-8-10-25-18)5-6-17(24)22-9-7-15-13(11-22)12-3-1-2-4-14(12)20-15/h1-4,8,10,20H,5-7,9,11H2,(H,19,21,23). The van der Waals surface area contributed by atoms with Gasteiger partial charge in [0.05, 0.1) is 0 Å². The van der Waals surface area contributed by atoms with Gasteiger partial charge >= 0.3 is 0 Å². The molecule has 25 heavy (non-hydrogen) atoms. The first-order valence-electron chi connectivity index (χ1n) is 8.26. The van der Waals surface area contributed by atoms with Gasteiger partial charge in [-0.2, -0.15) is 0 Å². The lowest BCUT2D eigenvalue weighted by molar-refractivity contribution is -0.133. The van der Waals surface area contributed by atoms with Crippen molar-refractivity contribution >= 4 is 39.2 Å². The van der Waals surface area contributed by atoms with E-state index in [-0.39, 0.29) is 24.7 Å². The molecule has 1 aliphatic heterocycles. The number of rotatable bonds is 4. The molecule has 0 bridgehead atoms. The van der Waals surface area contributed by atoms with Crippen LogP contribution in [-0.4, -0.2) is 33.2 Å². The van der Waals surface area contributed by atoms with Crippen LogP contribution < -0.4 is 5.32 Å². The normalized spacial score (nSPS) is 13.7. The zero-order valence-electron chi connectivity index (χ0n) is 13.6. The molecule has 0 unspecified atom stereocenters. The summed E-state index contributed by atoms with van der Waals surface area (Å²) in [6, 6.07) is 8.16. The third kappa shape index (κ3) is 3.28. The van der Waals surface area contributed by atoms with Gasteiger partial charge in [-0.15, -0.1) is 11.3 Å². The molecule has 2 aromatic heterocycles. The molecule has 3 heterocycles. The Labute approximate surface area is 148 Å². The lowest BCUT2D eigenvalue weighted by Crippen LogP contribution is -2.36. The zero-order valence-corrected chi connectivity index (χ0v) is 14.4. The maximum atomic E-state index is 12.5. The first-order valence-corrected chi connectivity index (χ1v) is 9.14. The van der Waals surface area contributed by atoms with Crippen LogP contribution in [0.25, 0.3) is 10.9 Å². The molecule has 0 saturated heterocycles. The van der Waals surface area contributed by atoms with E-state index in [0.29, 0.717) is 18.2 Å². The van der Waals surface area contributed by atoms with Gasteiger partial charge in [-0.3, -0.25) is 9.59 Å². The van der Waals surface area contributed by atoms with Crippen molar-refractivity contribution in [2.24, 2.45) is 0 Å². The van der Waals surface area contributed by atoms with Gasteiger partial charge in [0.25, 0.3) is 0 Å². The minimum atomic E-state index is -0.173. The van der Waals surface area contributed by atoms with Crippen LogP contribution in [0.4, 0.5) is 5.13 Å². The van der Waals surface area contributed by atoms with Gasteiger partial charge in [-0.1, -0.05) is 18.2 Å². The molecule has 0 atom stereocenters. The highest BCUT2D eigenvalue weighted by molar-refractivity contribution is 7.13. The van der Waals surface area contributed by atoms with Gasteiger partial charge in [0, 0.05) is 66.1 Å². The van der Waals surface area contributed by atoms with Crippen LogP contribution in [-0.2, 0) is 22.6 Å². The van der Waals surface area contributed by atoms with Crippen LogP contribution in [0.1, 0.15) is 24.1 Å². The molecule has 0 radical (unpaired) electrons. The third-order valence-corrected chi connectivity index (χ3v) is 5.17. The van der Waals surface area contributed by atoms with E-state index in [1.807, 2.05) is 17.0 Å². The molecule has 0 saturated carbocycles. The Morgan fingerprint density at radius 3 is 3.00 bits per heavy atom. The summed E-state index contributed by atoms with van der Waals surface area (Å²) in [5, 5.41) is 6.25. The average molecular weight is 354 g/mol. The number of thiazole rings is 1. The topological polar surface area (TPSA) is 78.1 Å². The second-order valence-electron chi connectivity index (χ2n) is 6.08. The summed E-state index contributed by atoms with van der Waals surface area (Å²) >= 11 is 1.37. The van der Waals surface area contributed by atoms with Gasteiger partial charge < -0.3 is 15.2 Å². The van der Waals surface area contributed by atoms with E-state index in [1.165, 1.54) is 28.0 Å². The number of anilines is 1. The number of hydrogen-bond acceptors (Lipinski definition) is 4. The molecule has 128 valence electrons. The Morgan fingerprint density at radius 1 is 1.28 bits per heavy atom. The van der Waals surface area contributed by atoms with Crippen LogP contribution in [0, 0.1) is 0 Å². The Balaban J connectivity index is 1.38. The van der Waals surface area contributed by atoms with Crippen molar-refractivity contribution in [3.8, 4) is 0 Å². The van der Waals surface area contributed by atoms with Crippen molar-refractivity contribution in [2.45, 2.75) is 25.8 Å². The number of benzene rings is 1. The quantitative estimate of drug-likeness (QED) is 0.756. The highest BCUT2D eigenvalue weighted by Gasteiger charge is 2.24. The fourth-order valence-electron chi connectivity index (χ4n) is 3.22. The van der Waals surface area contributed by atoms with Crippen LogP contribution >= 0.6 is 11.3 Å². The number of H-pyrrole nitrogens is 1. The monoisotopic (exact) mass is 354 g/mol. The number of aromatic amines is 1. The molecular formula is C18H18N4O2S. The van der Waals surface area contributed by atoms with Crippen molar-refractivity contribution in [3.63, 3.8) is 0 Å². The van der Waals surface area contributed by atoms with Crippen molar-refractivity contribution in [2.75, 3.05) is 11.9 Å². The molecule has 0 fully saturated rings. The lowest BCUT2D eigenvalue weighted by atomic mass is 10.0. The fourth-order valence-corrected chi connectivity index (χ4v) is 3.77. The third-order valence-electron chi connectivity index (χ3n) is 4.48. The molecule has 1 aromatic carbocycles. The number of aromatic nitrogens is 2. The molecule has 4 rings (SSSR count). The zero-order chi connectivity index (χ0) is 17.2. The minimum Gasteiger partial charge on any atom is -0.358 e. The largest absolute Gasteiger partial charge is 0.358 e. The predicted octanol–water partition coefficient (Wildman–Crippen LogP) is 2.93. The van der Waals surface area contributed by atoms with Gasteiger partial charge in [-0.25, -0.2) is 4.98 Å². The van der Waals surface area contributed by atoms with E-state index >= 15 is 0 Å². The summed E-state index contributed by atoms with van der Waals surface area (Å²) in [6.07, 6.45) is 2.85. The highest BCUT2D eigenvalue weighted by Crippen LogP contribution is 2.27. The maximum Gasteiger partial charge on any atom is 0.226 e. The molecule has 0 spiro atoms. The first-order chi connectivity index (χ1) is 12.2. The summed E-state index contributed by atoms with van der Waals surface area (Å²) in [6.45, 7) is 1.29. The smallest absolute Gasteiger partial charge is 0.226 e. The van der Waals surface area contributed by atoms with Crippen molar-refractivity contribution in [1.29, 1.82) is 0 Å². The van der Waals surface area contributed by atoms with E-state index in [2.05, 4.69) is 27.4 Å². The first kappa shape index (κ1) is 15.8. The van der Waals surface area contributed by atoms with Gasteiger partial charge in [-0.05, 0) is 6.07 Å². The summed E-state index contributed by atoms with van der Waals surface area (Å²) in [7, 11) is 0. The number of nitrogens with one attached hydrogen (secondary N) is 2. The Morgan fingerprint density at radius 2 is 2.16 bits per heavy atom. The number of carbonyl (C=O) groups excluding carboxylic acids is 2. The summed E-state index contributed by atoms with van der Waals surface area (Å²) in [5.74, 6) is -0.154. The van der Waals surface area contributed by atoms with Crippen molar-refractivity contribution in [3.05, 3.63) is 47.1 Å². The van der Waals surface area contributed by atoms with Crippen LogP contribution in [0.15, 0.2) is 35.8 Å². The van der Waals surface area contributed by atoms with Crippen LogP contribution in [0.5, 0.6) is 0 Å². The highest BCUT2D eigenvalue weighted by atomic mass is 32.1. The van der Waals surface area contributed by atoms with E-state index in [1.54, 1.807) is 11.6 Å². The Kier molecular flexibility index (Phi) is 4.23. The molecule has 2 amide bonds. The summed E-state index contributed by atoms with van der Waals surface area (Å²) in [4.78, 5) is 33.7. The molecule has 7 heteroatoms. The minimum absolute atomic E-state index is 0.0187.